The lowest BCUT2D eigenvalue weighted by Crippen LogP contribution is -2.18. The fourth-order valence-electron chi connectivity index (χ4n) is 0.720. The summed E-state index contributed by atoms with van der Waals surface area (Å²) >= 11 is 0. The van der Waals surface area contributed by atoms with Crippen LogP contribution in [0, 0.1) is 11.7 Å². The van der Waals surface area contributed by atoms with Gasteiger partial charge >= 0.3 is 0 Å². The number of aromatic nitrogens is 1. The van der Waals surface area contributed by atoms with Crippen LogP contribution in [-0.4, -0.2) is 10.9 Å². The number of pyridine rings is 1. The monoisotopic (exact) mass is 182 g/mol. The third-order valence-electron chi connectivity index (χ3n) is 1.50. The van der Waals surface area contributed by atoms with Crippen molar-refractivity contribution in [2.45, 2.75) is 13.8 Å². The van der Waals surface area contributed by atoms with Crippen molar-refractivity contribution in [2.75, 3.05) is 5.32 Å². The highest BCUT2D eigenvalue weighted by Crippen LogP contribution is 2.05. The zero-order valence-electron chi connectivity index (χ0n) is 7.54. The van der Waals surface area contributed by atoms with Gasteiger partial charge in [-0.05, 0) is 12.1 Å². The van der Waals surface area contributed by atoms with Crippen molar-refractivity contribution in [3.8, 4) is 0 Å². The van der Waals surface area contributed by atoms with Crippen molar-refractivity contribution in [1.29, 1.82) is 0 Å². The maximum absolute atomic E-state index is 12.4. The van der Waals surface area contributed by atoms with E-state index in [4.69, 9.17) is 0 Å². The normalized spacial score (nSPS) is 10.2. The maximum Gasteiger partial charge on any atom is 0.228 e. The summed E-state index contributed by atoms with van der Waals surface area (Å²) < 4.78 is 12.4. The predicted octanol–water partition coefficient (Wildman–Crippen LogP) is 1.82. The molecule has 1 aromatic heterocycles. The van der Waals surface area contributed by atoms with E-state index in [9.17, 15) is 9.18 Å². The van der Waals surface area contributed by atoms with E-state index >= 15 is 0 Å². The summed E-state index contributed by atoms with van der Waals surface area (Å²) in [6, 6.07) is 2.68. The van der Waals surface area contributed by atoms with E-state index < -0.39 is 5.82 Å². The maximum atomic E-state index is 12.4. The molecule has 0 bridgehead atoms. The fourth-order valence-corrected chi connectivity index (χ4v) is 0.720. The highest BCUT2D eigenvalue weighted by Gasteiger charge is 2.07. The number of rotatable bonds is 2. The van der Waals surface area contributed by atoms with E-state index in [0.717, 1.165) is 6.20 Å². The highest BCUT2D eigenvalue weighted by molar-refractivity contribution is 5.91. The Kier molecular flexibility index (Phi) is 2.95. The van der Waals surface area contributed by atoms with Crippen LogP contribution in [0.25, 0.3) is 0 Å². The van der Waals surface area contributed by atoms with Gasteiger partial charge in [0.15, 0.2) is 0 Å². The fraction of sp³-hybridized carbons (Fsp3) is 0.333. The van der Waals surface area contributed by atoms with Gasteiger partial charge in [0.1, 0.15) is 11.6 Å². The number of carbonyl (C=O) groups is 1. The summed E-state index contributed by atoms with van der Waals surface area (Å²) in [6.07, 6.45) is 1.07. The third-order valence-corrected chi connectivity index (χ3v) is 1.50. The number of halogens is 1. The molecular formula is C9H11FN2O. The largest absolute Gasteiger partial charge is 0.310 e. The molecule has 1 heterocycles. The summed E-state index contributed by atoms with van der Waals surface area (Å²) in [6.45, 7) is 3.55. The molecule has 0 aliphatic heterocycles. The average Bonchev–Trinajstić information content (AvgIpc) is 2.08. The van der Waals surface area contributed by atoms with Crippen molar-refractivity contribution in [3.63, 3.8) is 0 Å². The molecule has 0 aliphatic carbocycles. The molecule has 1 N–H and O–H groups in total. The minimum atomic E-state index is -0.414. The number of hydrogen-bond donors (Lipinski definition) is 1. The number of nitrogens with zero attached hydrogens (tertiary/aromatic N) is 1. The van der Waals surface area contributed by atoms with Crippen LogP contribution in [0.15, 0.2) is 18.3 Å². The van der Waals surface area contributed by atoms with Gasteiger partial charge in [-0.1, -0.05) is 13.8 Å². The Morgan fingerprint density at radius 3 is 2.69 bits per heavy atom. The Balaban J connectivity index is 2.65. The van der Waals surface area contributed by atoms with Gasteiger partial charge in [-0.3, -0.25) is 4.79 Å². The molecule has 0 aromatic carbocycles. The molecule has 0 saturated carbocycles. The number of amides is 1. The van der Waals surface area contributed by atoms with Crippen molar-refractivity contribution in [1.82, 2.24) is 4.98 Å². The van der Waals surface area contributed by atoms with Crippen LogP contribution in [0.4, 0.5) is 10.2 Å². The minimum Gasteiger partial charge on any atom is -0.310 e. The molecule has 0 aliphatic rings. The van der Waals surface area contributed by atoms with Gasteiger partial charge in [0.05, 0.1) is 6.20 Å². The van der Waals surface area contributed by atoms with Crippen LogP contribution in [0.3, 0.4) is 0 Å². The van der Waals surface area contributed by atoms with Crippen molar-refractivity contribution < 1.29 is 9.18 Å². The average molecular weight is 182 g/mol. The Bertz CT molecular complexity index is 295. The molecule has 3 nitrogen and oxygen atoms in total. The van der Waals surface area contributed by atoms with Gasteiger partial charge in [-0.25, -0.2) is 9.37 Å². The SMILES string of the molecule is CC(C)C(=O)Nc1ccc(F)cn1. The molecule has 0 spiro atoms. The molecule has 0 unspecified atom stereocenters. The third kappa shape index (κ3) is 2.82. The quantitative estimate of drug-likeness (QED) is 0.757. The standard InChI is InChI=1S/C9H11FN2O/c1-6(2)9(13)12-8-4-3-7(10)5-11-8/h3-6H,1-2H3,(H,11,12,13). The Labute approximate surface area is 76.0 Å². The van der Waals surface area contributed by atoms with Gasteiger partial charge in [-0.15, -0.1) is 0 Å². The molecule has 0 saturated heterocycles. The van der Waals surface area contributed by atoms with Gasteiger partial charge in [0.25, 0.3) is 0 Å². The zero-order valence-corrected chi connectivity index (χ0v) is 7.54. The van der Waals surface area contributed by atoms with Crippen LogP contribution in [0.2, 0.25) is 0 Å². The number of nitrogens with one attached hydrogen (secondary N) is 1. The van der Waals surface area contributed by atoms with Crippen LogP contribution in [-0.2, 0) is 4.79 Å². The number of carbonyl (C=O) groups excluding carboxylic acids is 1. The van der Waals surface area contributed by atoms with Gasteiger partial charge in [0.2, 0.25) is 5.91 Å². The molecule has 1 rings (SSSR count). The van der Waals surface area contributed by atoms with Gasteiger partial charge < -0.3 is 5.32 Å². The van der Waals surface area contributed by atoms with E-state index in [1.807, 2.05) is 0 Å². The van der Waals surface area contributed by atoms with Crippen molar-refractivity contribution >= 4 is 11.7 Å². The molecule has 0 fully saturated rings. The second kappa shape index (κ2) is 3.98. The number of hydrogen-bond acceptors (Lipinski definition) is 2. The molecule has 4 heteroatoms. The molecule has 13 heavy (non-hydrogen) atoms. The first-order valence-electron chi connectivity index (χ1n) is 4.02. The Morgan fingerprint density at radius 2 is 2.23 bits per heavy atom. The van der Waals surface area contributed by atoms with E-state index in [1.165, 1.54) is 12.1 Å². The molecule has 1 aromatic rings. The van der Waals surface area contributed by atoms with Crippen LogP contribution < -0.4 is 5.32 Å². The predicted molar refractivity (Wildman–Crippen MR) is 47.7 cm³/mol. The van der Waals surface area contributed by atoms with E-state index in [2.05, 4.69) is 10.3 Å². The van der Waals surface area contributed by atoms with Gasteiger partial charge in [0, 0.05) is 5.92 Å². The van der Waals surface area contributed by atoms with Crippen LogP contribution in [0.5, 0.6) is 0 Å². The minimum absolute atomic E-state index is 0.105. The summed E-state index contributed by atoms with van der Waals surface area (Å²) in [4.78, 5) is 14.8. The molecule has 0 atom stereocenters. The smallest absolute Gasteiger partial charge is 0.228 e. The Morgan fingerprint density at radius 1 is 1.54 bits per heavy atom. The highest BCUT2D eigenvalue weighted by atomic mass is 19.1. The molecule has 70 valence electrons. The summed E-state index contributed by atoms with van der Waals surface area (Å²) in [5, 5.41) is 2.55. The summed E-state index contributed by atoms with van der Waals surface area (Å²) in [5.41, 5.74) is 0. The topological polar surface area (TPSA) is 42.0 Å². The summed E-state index contributed by atoms with van der Waals surface area (Å²) in [5.74, 6) is -0.270. The first-order chi connectivity index (χ1) is 6.09. The lowest BCUT2D eigenvalue weighted by Gasteiger charge is -2.05. The second-order valence-corrected chi connectivity index (χ2v) is 3.01. The van der Waals surface area contributed by atoms with Crippen LogP contribution in [0.1, 0.15) is 13.8 Å². The first-order valence-corrected chi connectivity index (χ1v) is 4.02. The van der Waals surface area contributed by atoms with Crippen molar-refractivity contribution in [3.05, 3.63) is 24.1 Å². The van der Waals surface area contributed by atoms with Crippen molar-refractivity contribution in [2.24, 2.45) is 5.92 Å². The Hall–Kier alpha value is -1.45. The van der Waals surface area contributed by atoms with E-state index in [0.29, 0.717) is 5.82 Å². The molecular weight excluding hydrogens is 171 g/mol. The molecule has 0 radical (unpaired) electrons. The van der Waals surface area contributed by atoms with E-state index in [1.54, 1.807) is 13.8 Å². The lowest BCUT2D eigenvalue weighted by molar-refractivity contribution is -0.118. The first kappa shape index (κ1) is 9.64. The summed E-state index contributed by atoms with van der Waals surface area (Å²) in [7, 11) is 0. The zero-order chi connectivity index (χ0) is 9.84. The number of anilines is 1. The van der Waals surface area contributed by atoms with E-state index in [-0.39, 0.29) is 11.8 Å². The van der Waals surface area contributed by atoms with Gasteiger partial charge in [-0.2, -0.15) is 0 Å². The van der Waals surface area contributed by atoms with Crippen LogP contribution >= 0.6 is 0 Å². The molecule has 1 amide bonds. The second-order valence-electron chi connectivity index (χ2n) is 3.01. The lowest BCUT2D eigenvalue weighted by atomic mass is 10.2.